The molecule has 7 heteroatoms. The maximum absolute atomic E-state index is 12.5. The summed E-state index contributed by atoms with van der Waals surface area (Å²) in [5.74, 6) is 0.673. The van der Waals surface area contributed by atoms with Crippen LogP contribution in [0.2, 0.25) is 0 Å². The van der Waals surface area contributed by atoms with Crippen molar-refractivity contribution in [2.75, 3.05) is 40.0 Å². The minimum Gasteiger partial charge on any atom is -0.504 e. The summed E-state index contributed by atoms with van der Waals surface area (Å²) in [6, 6.07) is 14.4. The summed E-state index contributed by atoms with van der Waals surface area (Å²) in [7, 11) is 5.51. The number of aromatic nitrogens is 1. The SMILES string of the molecule is COc1cc(-c2cc(-c3cccc(C(=O)NCCCN(C)C)c3)cnc2N)ccc1O. The maximum atomic E-state index is 12.5. The fourth-order valence-corrected chi connectivity index (χ4v) is 3.25. The summed E-state index contributed by atoms with van der Waals surface area (Å²) in [4.78, 5) is 18.9. The average Bonchev–Trinajstić information content (AvgIpc) is 2.77. The Morgan fingerprint density at radius 1 is 1.13 bits per heavy atom. The van der Waals surface area contributed by atoms with Crippen LogP contribution < -0.4 is 15.8 Å². The number of nitrogens with one attached hydrogen (secondary N) is 1. The molecule has 162 valence electrons. The van der Waals surface area contributed by atoms with Gasteiger partial charge < -0.3 is 25.8 Å². The molecule has 0 saturated heterocycles. The normalized spacial score (nSPS) is 10.8. The first-order chi connectivity index (χ1) is 14.9. The number of rotatable bonds is 8. The Bertz CT molecular complexity index is 1070. The quantitative estimate of drug-likeness (QED) is 0.483. The summed E-state index contributed by atoms with van der Waals surface area (Å²) < 4.78 is 5.20. The van der Waals surface area contributed by atoms with E-state index in [0.29, 0.717) is 29.2 Å². The smallest absolute Gasteiger partial charge is 0.251 e. The summed E-state index contributed by atoms with van der Waals surface area (Å²) in [6.07, 6.45) is 2.57. The number of carbonyl (C=O) groups is 1. The highest BCUT2D eigenvalue weighted by Gasteiger charge is 2.12. The number of anilines is 1. The van der Waals surface area contributed by atoms with Crippen molar-refractivity contribution in [2.24, 2.45) is 0 Å². The van der Waals surface area contributed by atoms with Crippen LogP contribution in [-0.2, 0) is 0 Å². The number of ether oxygens (including phenoxy) is 1. The number of carbonyl (C=O) groups excluding carboxylic acids is 1. The van der Waals surface area contributed by atoms with Gasteiger partial charge in [-0.1, -0.05) is 18.2 Å². The fraction of sp³-hybridized carbons (Fsp3) is 0.250. The van der Waals surface area contributed by atoms with Crippen LogP contribution in [-0.4, -0.2) is 55.2 Å². The van der Waals surface area contributed by atoms with Gasteiger partial charge in [0.1, 0.15) is 5.82 Å². The minimum atomic E-state index is -0.104. The molecule has 0 saturated carbocycles. The molecular weight excluding hydrogens is 392 g/mol. The van der Waals surface area contributed by atoms with Gasteiger partial charge in [-0.25, -0.2) is 4.98 Å². The Morgan fingerprint density at radius 3 is 2.68 bits per heavy atom. The van der Waals surface area contributed by atoms with Gasteiger partial charge in [0, 0.05) is 29.4 Å². The number of nitrogens with two attached hydrogens (primary N) is 1. The van der Waals surface area contributed by atoms with E-state index in [1.165, 1.54) is 7.11 Å². The van der Waals surface area contributed by atoms with Crippen LogP contribution in [0.25, 0.3) is 22.3 Å². The van der Waals surface area contributed by atoms with Crippen molar-refractivity contribution >= 4 is 11.7 Å². The van der Waals surface area contributed by atoms with Gasteiger partial charge in [-0.15, -0.1) is 0 Å². The van der Waals surface area contributed by atoms with E-state index >= 15 is 0 Å². The van der Waals surface area contributed by atoms with E-state index in [0.717, 1.165) is 29.7 Å². The van der Waals surface area contributed by atoms with Crippen molar-refractivity contribution in [1.82, 2.24) is 15.2 Å². The lowest BCUT2D eigenvalue weighted by atomic mass is 9.99. The predicted molar refractivity (Wildman–Crippen MR) is 123 cm³/mol. The molecule has 0 aliphatic carbocycles. The third-order valence-corrected chi connectivity index (χ3v) is 4.93. The first-order valence-electron chi connectivity index (χ1n) is 10.1. The van der Waals surface area contributed by atoms with Crippen molar-refractivity contribution in [3.8, 4) is 33.8 Å². The highest BCUT2D eigenvalue weighted by molar-refractivity contribution is 5.95. The van der Waals surface area contributed by atoms with Crippen molar-refractivity contribution in [1.29, 1.82) is 0 Å². The van der Waals surface area contributed by atoms with E-state index in [1.807, 2.05) is 38.4 Å². The van der Waals surface area contributed by atoms with Crippen LogP contribution in [0.1, 0.15) is 16.8 Å². The summed E-state index contributed by atoms with van der Waals surface area (Å²) in [6.45, 7) is 1.54. The van der Waals surface area contributed by atoms with E-state index in [2.05, 4.69) is 15.2 Å². The van der Waals surface area contributed by atoms with Gasteiger partial charge >= 0.3 is 0 Å². The third-order valence-electron chi connectivity index (χ3n) is 4.93. The molecule has 0 atom stereocenters. The first kappa shape index (κ1) is 22.1. The topological polar surface area (TPSA) is 101 Å². The Hall–Kier alpha value is -3.58. The standard InChI is InChI=1S/C24H28N4O3/c1-28(2)11-5-10-26-24(30)18-7-4-6-16(12-18)19-13-20(23(25)27-15-19)17-8-9-21(29)22(14-17)31-3/h4,6-9,12-15,29H,5,10-11H2,1-3H3,(H2,25,27)(H,26,30). The second-order valence-corrected chi connectivity index (χ2v) is 7.54. The van der Waals surface area contributed by atoms with Crippen molar-refractivity contribution < 1.29 is 14.6 Å². The van der Waals surface area contributed by atoms with Gasteiger partial charge in [0.2, 0.25) is 0 Å². The molecule has 1 aromatic heterocycles. The van der Waals surface area contributed by atoms with Gasteiger partial charge in [-0.05, 0) is 68.5 Å². The number of aromatic hydroxyl groups is 1. The number of hydrogen-bond acceptors (Lipinski definition) is 6. The molecule has 0 radical (unpaired) electrons. The van der Waals surface area contributed by atoms with Gasteiger partial charge in [0.15, 0.2) is 11.5 Å². The second-order valence-electron chi connectivity index (χ2n) is 7.54. The van der Waals surface area contributed by atoms with Gasteiger partial charge in [0.25, 0.3) is 5.91 Å². The zero-order chi connectivity index (χ0) is 22.4. The number of nitrogen functional groups attached to an aromatic ring is 1. The van der Waals surface area contributed by atoms with E-state index in [9.17, 15) is 9.90 Å². The summed E-state index contributed by atoms with van der Waals surface area (Å²) >= 11 is 0. The van der Waals surface area contributed by atoms with Gasteiger partial charge in [-0.3, -0.25) is 4.79 Å². The number of hydrogen-bond donors (Lipinski definition) is 3. The Labute approximate surface area is 182 Å². The van der Waals surface area contributed by atoms with Gasteiger partial charge in [0.05, 0.1) is 7.11 Å². The monoisotopic (exact) mass is 420 g/mol. The highest BCUT2D eigenvalue weighted by Crippen LogP contribution is 2.35. The Balaban J connectivity index is 1.84. The van der Waals surface area contributed by atoms with Crippen molar-refractivity contribution in [3.05, 3.63) is 60.3 Å². The zero-order valence-corrected chi connectivity index (χ0v) is 18.1. The lowest BCUT2D eigenvalue weighted by molar-refractivity contribution is 0.0952. The average molecular weight is 421 g/mol. The first-order valence-corrected chi connectivity index (χ1v) is 10.1. The molecule has 0 fully saturated rings. The minimum absolute atomic E-state index is 0.0539. The zero-order valence-electron chi connectivity index (χ0n) is 18.1. The maximum Gasteiger partial charge on any atom is 0.251 e. The predicted octanol–water partition coefficient (Wildman–Crippen LogP) is 3.39. The molecule has 4 N–H and O–H groups in total. The van der Waals surface area contributed by atoms with E-state index in [1.54, 1.807) is 30.5 Å². The highest BCUT2D eigenvalue weighted by atomic mass is 16.5. The molecule has 0 bridgehead atoms. The molecule has 3 rings (SSSR count). The molecule has 0 spiro atoms. The molecular formula is C24H28N4O3. The number of phenols is 1. The molecule has 3 aromatic rings. The van der Waals surface area contributed by atoms with Crippen LogP contribution in [0.5, 0.6) is 11.5 Å². The number of benzene rings is 2. The number of methoxy groups -OCH3 is 1. The number of pyridine rings is 1. The van der Waals surface area contributed by atoms with Crippen LogP contribution >= 0.6 is 0 Å². The lowest BCUT2D eigenvalue weighted by Crippen LogP contribution is -2.27. The van der Waals surface area contributed by atoms with Crippen LogP contribution in [0.3, 0.4) is 0 Å². The molecule has 0 aliphatic heterocycles. The third kappa shape index (κ3) is 5.52. The number of amides is 1. The van der Waals surface area contributed by atoms with Crippen LogP contribution in [0.15, 0.2) is 54.7 Å². The molecule has 0 unspecified atom stereocenters. The van der Waals surface area contributed by atoms with E-state index < -0.39 is 0 Å². The second kappa shape index (κ2) is 9.95. The molecule has 0 aliphatic rings. The van der Waals surface area contributed by atoms with Crippen molar-refractivity contribution in [2.45, 2.75) is 6.42 Å². The van der Waals surface area contributed by atoms with Crippen molar-refractivity contribution in [3.63, 3.8) is 0 Å². The number of nitrogens with zero attached hydrogens (tertiary/aromatic N) is 2. The van der Waals surface area contributed by atoms with Crippen LogP contribution in [0.4, 0.5) is 5.82 Å². The molecule has 31 heavy (non-hydrogen) atoms. The summed E-state index contributed by atoms with van der Waals surface area (Å²) in [5, 5.41) is 12.8. The van der Waals surface area contributed by atoms with Gasteiger partial charge in [-0.2, -0.15) is 0 Å². The Kier molecular flexibility index (Phi) is 7.10. The lowest BCUT2D eigenvalue weighted by Gasteiger charge is -2.12. The van der Waals surface area contributed by atoms with E-state index in [4.69, 9.17) is 10.5 Å². The fourth-order valence-electron chi connectivity index (χ4n) is 3.25. The van der Waals surface area contributed by atoms with E-state index in [-0.39, 0.29) is 11.7 Å². The molecule has 7 nitrogen and oxygen atoms in total. The molecule has 1 heterocycles. The largest absolute Gasteiger partial charge is 0.504 e. The number of phenolic OH excluding ortho intramolecular Hbond substituents is 1. The molecule has 2 aromatic carbocycles. The summed E-state index contributed by atoms with van der Waals surface area (Å²) in [5.41, 5.74) is 9.89. The Morgan fingerprint density at radius 2 is 1.94 bits per heavy atom. The molecule has 1 amide bonds. The van der Waals surface area contributed by atoms with Crippen LogP contribution in [0, 0.1) is 0 Å².